The molecule has 2 aromatic carbocycles. The van der Waals surface area contributed by atoms with Crippen LogP contribution in [0.2, 0.25) is 0 Å². The van der Waals surface area contributed by atoms with Gasteiger partial charge in [-0.2, -0.15) is 0 Å². The second-order valence-electron chi connectivity index (χ2n) is 8.71. The molecule has 35 heavy (non-hydrogen) atoms. The molecule has 8 heteroatoms. The van der Waals surface area contributed by atoms with Crippen LogP contribution in [-0.4, -0.2) is 31.8 Å². The first-order chi connectivity index (χ1) is 17.0. The maximum Gasteiger partial charge on any atom is 0.332 e. The van der Waals surface area contributed by atoms with Crippen LogP contribution in [0.3, 0.4) is 0 Å². The Morgan fingerprint density at radius 2 is 1.63 bits per heavy atom. The molecule has 4 aromatic rings. The highest BCUT2D eigenvalue weighted by Crippen LogP contribution is 2.17. The predicted octanol–water partition coefficient (Wildman–Crippen LogP) is 2.79. The first-order valence-corrected chi connectivity index (χ1v) is 12.4. The van der Waals surface area contributed by atoms with Gasteiger partial charge in [0.1, 0.15) is 5.82 Å². The van der Waals surface area contributed by atoms with Gasteiger partial charge in [-0.15, -0.1) is 0 Å². The van der Waals surface area contributed by atoms with Crippen LogP contribution in [0.15, 0.2) is 64.2 Å². The summed E-state index contributed by atoms with van der Waals surface area (Å²) in [5.74, 6) is 0.780. The SMILES string of the molecule is CCCn1c(=O)c2c(nc(Cc3ccccc3)n2CCNCC)n(CCc2ccccc2N)c1=O. The van der Waals surface area contributed by atoms with Crippen LogP contribution in [0, 0.1) is 0 Å². The number of hydrogen-bond donors (Lipinski definition) is 2. The Bertz CT molecular complexity index is 1400. The number of likely N-dealkylation sites (N-methyl/N-ethyl adjacent to an activating group) is 1. The summed E-state index contributed by atoms with van der Waals surface area (Å²) in [7, 11) is 0. The standard InChI is InChI=1S/C27H34N6O2/c1-3-16-33-26(34)24-25(32(27(33)35)17-14-21-12-8-9-13-22(21)28)30-23(31(24)18-15-29-4-2)19-20-10-6-5-7-11-20/h5-13,29H,3-4,14-19,28H2,1-2H3. The van der Waals surface area contributed by atoms with Crippen LogP contribution in [0.4, 0.5) is 5.69 Å². The Labute approximate surface area is 205 Å². The number of aromatic nitrogens is 4. The molecule has 8 nitrogen and oxygen atoms in total. The summed E-state index contributed by atoms with van der Waals surface area (Å²) < 4.78 is 5.00. The van der Waals surface area contributed by atoms with Gasteiger partial charge in [0.05, 0.1) is 0 Å². The van der Waals surface area contributed by atoms with Gasteiger partial charge in [-0.3, -0.25) is 13.9 Å². The number of nitrogens with two attached hydrogens (primary N) is 1. The van der Waals surface area contributed by atoms with Crippen LogP contribution in [-0.2, 0) is 32.5 Å². The van der Waals surface area contributed by atoms with Crippen molar-refractivity contribution in [3.63, 3.8) is 0 Å². The molecule has 0 amide bonds. The second kappa shape index (κ2) is 11.2. The van der Waals surface area contributed by atoms with E-state index >= 15 is 0 Å². The molecule has 0 bridgehead atoms. The molecule has 184 valence electrons. The molecule has 0 aliphatic carbocycles. The number of hydrogen-bond acceptors (Lipinski definition) is 5. The van der Waals surface area contributed by atoms with E-state index in [0.717, 1.165) is 23.5 Å². The molecule has 0 fully saturated rings. The fourth-order valence-corrected chi connectivity index (χ4v) is 4.47. The molecule has 0 aliphatic rings. The molecular weight excluding hydrogens is 440 g/mol. The van der Waals surface area contributed by atoms with Gasteiger partial charge in [0.25, 0.3) is 5.56 Å². The minimum absolute atomic E-state index is 0.273. The van der Waals surface area contributed by atoms with Gasteiger partial charge in [0, 0.05) is 38.3 Å². The number of benzene rings is 2. The molecule has 4 rings (SSSR count). The van der Waals surface area contributed by atoms with Crippen LogP contribution < -0.4 is 22.3 Å². The van der Waals surface area contributed by atoms with Crippen LogP contribution >= 0.6 is 0 Å². The van der Waals surface area contributed by atoms with E-state index in [1.807, 2.05) is 54.0 Å². The van der Waals surface area contributed by atoms with E-state index in [0.29, 0.717) is 62.3 Å². The fourth-order valence-electron chi connectivity index (χ4n) is 4.47. The quantitative estimate of drug-likeness (QED) is 0.257. The third kappa shape index (κ3) is 5.22. The van der Waals surface area contributed by atoms with Gasteiger partial charge in [-0.25, -0.2) is 9.78 Å². The van der Waals surface area contributed by atoms with Gasteiger partial charge in [-0.1, -0.05) is 62.4 Å². The zero-order chi connectivity index (χ0) is 24.8. The lowest BCUT2D eigenvalue weighted by atomic mass is 10.1. The van der Waals surface area contributed by atoms with Gasteiger partial charge in [-0.05, 0) is 36.6 Å². The highest BCUT2D eigenvalue weighted by atomic mass is 16.2. The van der Waals surface area contributed by atoms with E-state index in [-0.39, 0.29) is 11.2 Å². The monoisotopic (exact) mass is 474 g/mol. The minimum Gasteiger partial charge on any atom is -0.399 e. The van der Waals surface area contributed by atoms with Crippen LogP contribution in [0.5, 0.6) is 0 Å². The van der Waals surface area contributed by atoms with E-state index in [2.05, 4.69) is 24.4 Å². The number of fused-ring (bicyclic) bond motifs is 1. The van der Waals surface area contributed by atoms with Crippen molar-refractivity contribution in [3.05, 3.63) is 92.4 Å². The lowest BCUT2D eigenvalue weighted by molar-refractivity contribution is 0.555. The van der Waals surface area contributed by atoms with Gasteiger partial charge >= 0.3 is 5.69 Å². The average molecular weight is 475 g/mol. The van der Waals surface area contributed by atoms with Gasteiger partial charge in [0.2, 0.25) is 0 Å². The molecule has 2 heterocycles. The predicted molar refractivity (Wildman–Crippen MR) is 141 cm³/mol. The van der Waals surface area contributed by atoms with E-state index in [4.69, 9.17) is 10.7 Å². The number of nitrogen functional groups attached to an aromatic ring is 1. The highest BCUT2D eigenvalue weighted by molar-refractivity contribution is 5.71. The number of para-hydroxylation sites is 1. The van der Waals surface area contributed by atoms with E-state index in [9.17, 15) is 9.59 Å². The summed E-state index contributed by atoms with van der Waals surface area (Å²) in [4.78, 5) is 32.0. The van der Waals surface area contributed by atoms with E-state index in [1.54, 1.807) is 4.57 Å². The lowest BCUT2D eigenvalue weighted by Crippen LogP contribution is -2.41. The smallest absolute Gasteiger partial charge is 0.332 e. The second-order valence-corrected chi connectivity index (χ2v) is 8.71. The molecule has 0 aliphatic heterocycles. The summed E-state index contributed by atoms with van der Waals surface area (Å²) in [6.45, 7) is 6.92. The van der Waals surface area contributed by atoms with Crippen molar-refractivity contribution in [1.82, 2.24) is 24.0 Å². The highest BCUT2D eigenvalue weighted by Gasteiger charge is 2.21. The first-order valence-electron chi connectivity index (χ1n) is 12.4. The summed E-state index contributed by atoms with van der Waals surface area (Å²) in [6.07, 6.45) is 1.84. The third-order valence-corrected chi connectivity index (χ3v) is 6.27. The van der Waals surface area contributed by atoms with Crippen molar-refractivity contribution in [2.24, 2.45) is 0 Å². The molecule has 0 unspecified atom stereocenters. The summed E-state index contributed by atoms with van der Waals surface area (Å²) in [6, 6.07) is 17.7. The van der Waals surface area contributed by atoms with Crippen molar-refractivity contribution in [3.8, 4) is 0 Å². The zero-order valence-electron chi connectivity index (χ0n) is 20.5. The number of rotatable bonds is 11. The Morgan fingerprint density at radius 3 is 2.34 bits per heavy atom. The molecule has 0 radical (unpaired) electrons. The molecule has 2 aromatic heterocycles. The number of nitrogens with one attached hydrogen (secondary N) is 1. The number of aryl methyl sites for hydroxylation is 2. The van der Waals surface area contributed by atoms with Crippen LogP contribution in [0.1, 0.15) is 37.2 Å². The van der Waals surface area contributed by atoms with Crippen LogP contribution in [0.25, 0.3) is 11.2 Å². The van der Waals surface area contributed by atoms with Crippen molar-refractivity contribution in [2.45, 2.75) is 52.7 Å². The van der Waals surface area contributed by atoms with Gasteiger partial charge in [0.15, 0.2) is 11.2 Å². The normalized spacial score (nSPS) is 11.4. The number of anilines is 1. The van der Waals surface area contributed by atoms with E-state index in [1.165, 1.54) is 4.57 Å². The minimum atomic E-state index is -0.318. The molecule has 3 N–H and O–H groups in total. The number of nitrogens with zero attached hydrogens (tertiary/aromatic N) is 4. The van der Waals surface area contributed by atoms with Crippen molar-refractivity contribution in [1.29, 1.82) is 0 Å². The fraction of sp³-hybridized carbons (Fsp3) is 0.370. The molecule has 0 atom stereocenters. The Hall–Kier alpha value is -3.65. The topological polar surface area (TPSA) is 99.9 Å². The third-order valence-electron chi connectivity index (χ3n) is 6.27. The Kier molecular flexibility index (Phi) is 7.82. The van der Waals surface area contributed by atoms with Crippen molar-refractivity contribution >= 4 is 16.9 Å². The first kappa shape index (κ1) is 24.5. The molecular formula is C27H34N6O2. The lowest BCUT2D eigenvalue weighted by Gasteiger charge is -2.13. The number of imidazole rings is 1. The summed E-state index contributed by atoms with van der Waals surface area (Å²) in [5, 5.41) is 3.34. The molecule has 0 spiro atoms. The zero-order valence-corrected chi connectivity index (χ0v) is 20.5. The summed E-state index contributed by atoms with van der Waals surface area (Å²) >= 11 is 0. The average Bonchev–Trinajstić information content (AvgIpc) is 3.21. The summed E-state index contributed by atoms with van der Waals surface area (Å²) in [5.41, 5.74) is 9.26. The van der Waals surface area contributed by atoms with Crippen molar-refractivity contribution in [2.75, 3.05) is 18.8 Å². The maximum absolute atomic E-state index is 13.6. The molecule has 0 saturated heterocycles. The van der Waals surface area contributed by atoms with Gasteiger partial charge < -0.3 is 15.6 Å². The molecule has 0 saturated carbocycles. The maximum atomic E-state index is 13.6. The Morgan fingerprint density at radius 1 is 0.886 bits per heavy atom. The van der Waals surface area contributed by atoms with Crippen molar-refractivity contribution < 1.29 is 0 Å². The largest absolute Gasteiger partial charge is 0.399 e. The van der Waals surface area contributed by atoms with E-state index < -0.39 is 0 Å². The Balaban J connectivity index is 1.88.